The summed E-state index contributed by atoms with van der Waals surface area (Å²) in [5.74, 6) is 2.17. The van der Waals surface area contributed by atoms with Gasteiger partial charge in [-0.2, -0.15) is 4.98 Å². The predicted octanol–water partition coefficient (Wildman–Crippen LogP) is 2.06. The molecule has 26 heavy (non-hydrogen) atoms. The van der Waals surface area contributed by atoms with Gasteiger partial charge in [-0.3, -0.25) is 9.69 Å². The molecule has 2 heterocycles. The number of nitrogens with zero attached hydrogens (tertiary/aromatic N) is 3. The van der Waals surface area contributed by atoms with Crippen molar-refractivity contribution in [2.75, 3.05) is 27.9 Å². The van der Waals surface area contributed by atoms with Gasteiger partial charge in [0.15, 0.2) is 17.3 Å². The Balaban J connectivity index is 1.96. The summed E-state index contributed by atoms with van der Waals surface area (Å²) in [6.07, 6.45) is 1.05. The van der Waals surface area contributed by atoms with E-state index in [1.165, 1.54) is 7.11 Å². The highest BCUT2D eigenvalue weighted by atomic mass is 16.5. The van der Waals surface area contributed by atoms with Crippen LogP contribution in [0.3, 0.4) is 0 Å². The van der Waals surface area contributed by atoms with Crippen LogP contribution in [-0.2, 0) is 22.5 Å². The van der Waals surface area contributed by atoms with Gasteiger partial charge in [0.25, 0.3) is 0 Å². The number of hydrogen-bond acceptors (Lipinski definition) is 8. The zero-order valence-corrected chi connectivity index (χ0v) is 15.4. The van der Waals surface area contributed by atoms with Crippen molar-refractivity contribution >= 4 is 5.97 Å². The molecule has 8 heteroatoms. The van der Waals surface area contributed by atoms with Crippen LogP contribution in [-0.4, -0.2) is 48.9 Å². The Hall–Kier alpha value is -2.61. The van der Waals surface area contributed by atoms with Crippen molar-refractivity contribution in [3.63, 3.8) is 0 Å². The van der Waals surface area contributed by atoms with E-state index in [-0.39, 0.29) is 18.4 Å². The molecule has 1 aliphatic rings. The molecule has 0 N–H and O–H groups in total. The molecule has 0 amide bonds. The van der Waals surface area contributed by atoms with Gasteiger partial charge in [0, 0.05) is 12.6 Å². The fourth-order valence-electron chi connectivity index (χ4n) is 3.33. The van der Waals surface area contributed by atoms with Gasteiger partial charge in [-0.1, -0.05) is 5.16 Å². The molecule has 8 nitrogen and oxygen atoms in total. The molecule has 0 spiro atoms. The number of rotatable bonds is 6. The molecule has 0 saturated heterocycles. The van der Waals surface area contributed by atoms with Gasteiger partial charge in [-0.15, -0.1) is 0 Å². The van der Waals surface area contributed by atoms with Crippen molar-refractivity contribution in [2.24, 2.45) is 0 Å². The summed E-state index contributed by atoms with van der Waals surface area (Å²) in [6, 6.07) is 3.75. The number of aromatic nitrogens is 2. The third kappa shape index (κ3) is 3.65. The lowest BCUT2D eigenvalue weighted by Gasteiger charge is -2.36. The number of esters is 1. The molecule has 3 rings (SSSR count). The molecule has 0 saturated carbocycles. The lowest BCUT2D eigenvalue weighted by molar-refractivity contribution is -0.142. The van der Waals surface area contributed by atoms with E-state index in [0.717, 1.165) is 24.1 Å². The van der Waals surface area contributed by atoms with E-state index in [9.17, 15) is 4.79 Å². The van der Waals surface area contributed by atoms with Crippen molar-refractivity contribution in [3.8, 4) is 11.5 Å². The third-order valence-corrected chi connectivity index (χ3v) is 4.61. The summed E-state index contributed by atoms with van der Waals surface area (Å²) in [5, 5.41) is 3.84. The van der Waals surface area contributed by atoms with Gasteiger partial charge in [0.05, 0.1) is 34.3 Å². The van der Waals surface area contributed by atoms with E-state index < -0.39 is 0 Å². The summed E-state index contributed by atoms with van der Waals surface area (Å²) in [5.41, 5.74) is 2.16. The molecule has 1 aromatic carbocycles. The minimum atomic E-state index is -0.274. The average Bonchev–Trinajstić information content (AvgIpc) is 3.06. The highest BCUT2D eigenvalue weighted by Gasteiger charge is 2.32. The maximum absolute atomic E-state index is 12.0. The Kier molecular flexibility index (Phi) is 5.41. The van der Waals surface area contributed by atoms with Crippen molar-refractivity contribution in [3.05, 3.63) is 35.0 Å². The molecular formula is C18H23N3O5. The lowest BCUT2D eigenvalue weighted by Crippen LogP contribution is -2.36. The number of carbonyl (C=O) groups excluding carboxylic acids is 1. The van der Waals surface area contributed by atoms with Crippen molar-refractivity contribution < 1.29 is 23.5 Å². The number of benzene rings is 1. The van der Waals surface area contributed by atoms with Gasteiger partial charge in [-0.25, -0.2) is 0 Å². The fourth-order valence-corrected chi connectivity index (χ4v) is 3.33. The maximum atomic E-state index is 12.0. The summed E-state index contributed by atoms with van der Waals surface area (Å²) in [4.78, 5) is 18.4. The molecule has 0 aliphatic carbocycles. The second-order valence-electron chi connectivity index (χ2n) is 6.16. The second-order valence-corrected chi connectivity index (χ2v) is 6.16. The van der Waals surface area contributed by atoms with Crippen LogP contribution < -0.4 is 9.47 Å². The number of fused-ring (bicyclic) bond motifs is 1. The minimum absolute atomic E-state index is 0.168. The maximum Gasteiger partial charge on any atom is 0.307 e. The van der Waals surface area contributed by atoms with E-state index in [0.29, 0.717) is 29.8 Å². The summed E-state index contributed by atoms with van der Waals surface area (Å²) >= 11 is 0. The van der Waals surface area contributed by atoms with Crippen LogP contribution in [0, 0.1) is 6.92 Å². The smallest absolute Gasteiger partial charge is 0.307 e. The first-order valence-electron chi connectivity index (χ1n) is 8.40. The average molecular weight is 361 g/mol. The monoisotopic (exact) mass is 361 g/mol. The Morgan fingerprint density at radius 3 is 2.62 bits per heavy atom. The zero-order chi connectivity index (χ0) is 18.7. The normalized spacial score (nSPS) is 16.8. The Morgan fingerprint density at radius 2 is 2.00 bits per heavy atom. The fraction of sp³-hybridized carbons (Fsp3) is 0.500. The van der Waals surface area contributed by atoms with Gasteiger partial charge in [0.2, 0.25) is 5.89 Å². The van der Waals surface area contributed by atoms with Gasteiger partial charge in [-0.05, 0) is 36.6 Å². The van der Waals surface area contributed by atoms with Crippen LogP contribution in [0.5, 0.6) is 11.5 Å². The molecule has 140 valence electrons. The number of hydrogen-bond donors (Lipinski definition) is 0. The lowest BCUT2D eigenvalue weighted by atomic mass is 9.90. The number of carbonyl (C=O) groups is 1. The molecule has 2 aromatic rings. The van der Waals surface area contributed by atoms with Crippen LogP contribution >= 0.6 is 0 Å². The molecular weight excluding hydrogens is 338 g/mol. The van der Waals surface area contributed by atoms with Crippen molar-refractivity contribution in [1.29, 1.82) is 0 Å². The number of aryl methyl sites for hydroxylation is 1. The van der Waals surface area contributed by atoms with E-state index >= 15 is 0 Å². The van der Waals surface area contributed by atoms with E-state index in [2.05, 4.69) is 15.0 Å². The van der Waals surface area contributed by atoms with E-state index in [4.69, 9.17) is 18.7 Å². The topological polar surface area (TPSA) is 86.9 Å². The predicted molar refractivity (Wildman–Crippen MR) is 92.1 cm³/mol. The van der Waals surface area contributed by atoms with Crippen LogP contribution in [0.4, 0.5) is 0 Å². The highest BCUT2D eigenvalue weighted by molar-refractivity contribution is 5.70. The number of methoxy groups -OCH3 is 3. The first kappa shape index (κ1) is 18.2. The van der Waals surface area contributed by atoms with Gasteiger partial charge in [0.1, 0.15) is 0 Å². The van der Waals surface area contributed by atoms with Crippen LogP contribution in [0.1, 0.15) is 35.3 Å². The van der Waals surface area contributed by atoms with Crippen molar-refractivity contribution in [2.45, 2.75) is 32.4 Å². The third-order valence-electron chi connectivity index (χ3n) is 4.61. The minimum Gasteiger partial charge on any atom is -0.493 e. The molecule has 1 aliphatic heterocycles. The first-order chi connectivity index (χ1) is 12.5. The zero-order valence-electron chi connectivity index (χ0n) is 15.4. The molecule has 0 fully saturated rings. The quantitative estimate of drug-likeness (QED) is 0.723. The van der Waals surface area contributed by atoms with Crippen LogP contribution in [0.2, 0.25) is 0 Å². The highest BCUT2D eigenvalue weighted by Crippen LogP contribution is 2.40. The van der Waals surface area contributed by atoms with E-state index in [1.54, 1.807) is 21.1 Å². The Labute approximate surface area is 152 Å². The first-order valence-corrected chi connectivity index (χ1v) is 8.40. The van der Waals surface area contributed by atoms with Crippen LogP contribution in [0.15, 0.2) is 16.7 Å². The largest absolute Gasteiger partial charge is 0.493 e. The molecule has 1 atom stereocenters. The number of ether oxygens (including phenoxy) is 3. The molecule has 0 radical (unpaired) electrons. The SMILES string of the molecule is COC(=O)C[C@H]1c2cc(OC)c(OC)cc2CCN1Cc1nc(C)no1. The summed E-state index contributed by atoms with van der Waals surface area (Å²) in [6.45, 7) is 3.00. The standard InChI is InChI=1S/C18H23N3O5/c1-11-19-17(26-20-11)10-21-6-5-12-7-15(23-2)16(24-3)8-13(12)14(21)9-18(22)25-4/h7-8,14H,5-6,9-10H2,1-4H3/t14-/m0/s1. The molecule has 1 aromatic heterocycles. The van der Waals surface area contributed by atoms with Gasteiger partial charge >= 0.3 is 5.97 Å². The van der Waals surface area contributed by atoms with Crippen molar-refractivity contribution in [1.82, 2.24) is 15.0 Å². The molecule has 0 bridgehead atoms. The second kappa shape index (κ2) is 7.74. The molecule has 0 unspecified atom stereocenters. The Morgan fingerprint density at radius 1 is 1.27 bits per heavy atom. The summed E-state index contributed by atoms with van der Waals surface area (Å²) in [7, 11) is 4.61. The Bertz CT molecular complexity index is 789. The van der Waals surface area contributed by atoms with Gasteiger partial charge < -0.3 is 18.7 Å². The van der Waals surface area contributed by atoms with Crippen LogP contribution in [0.25, 0.3) is 0 Å². The van der Waals surface area contributed by atoms with E-state index in [1.807, 2.05) is 12.1 Å². The summed E-state index contributed by atoms with van der Waals surface area (Å²) < 4.78 is 21.0.